The zero-order valence-corrected chi connectivity index (χ0v) is 20.7. The van der Waals surface area contributed by atoms with E-state index in [1.54, 1.807) is 24.0 Å². The van der Waals surface area contributed by atoms with E-state index in [0.717, 1.165) is 0 Å². The van der Waals surface area contributed by atoms with Crippen LogP contribution in [-0.2, 0) is 14.6 Å². The molecule has 0 radical (unpaired) electrons. The van der Waals surface area contributed by atoms with Crippen molar-refractivity contribution in [2.45, 2.75) is 75.4 Å². The summed E-state index contributed by atoms with van der Waals surface area (Å²) in [5, 5.41) is -0.243. The number of rotatable bonds is 6. The van der Waals surface area contributed by atoms with Crippen LogP contribution in [0.3, 0.4) is 0 Å². The smallest absolute Gasteiger partial charge is 0.410 e. The lowest BCUT2D eigenvalue weighted by Gasteiger charge is -2.33. The van der Waals surface area contributed by atoms with Crippen molar-refractivity contribution in [1.82, 2.24) is 19.9 Å². The van der Waals surface area contributed by atoms with Crippen LogP contribution in [0.5, 0.6) is 17.5 Å². The van der Waals surface area contributed by atoms with E-state index in [4.69, 9.17) is 14.2 Å². The highest BCUT2D eigenvalue weighted by Crippen LogP contribution is 2.34. The minimum Gasteiger partial charge on any atom is -0.474 e. The van der Waals surface area contributed by atoms with Gasteiger partial charge in [-0.2, -0.15) is 0 Å². The molecule has 3 heterocycles. The van der Waals surface area contributed by atoms with Crippen LogP contribution in [0.25, 0.3) is 0 Å². The third kappa shape index (κ3) is 5.94. The van der Waals surface area contributed by atoms with Crippen LogP contribution in [0.2, 0.25) is 0 Å². The fraction of sp³-hybridized carbons (Fsp3) is 0.565. The van der Waals surface area contributed by atoms with Crippen molar-refractivity contribution >= 4 is 15.9 Å². The first-order chi connectivity index (χ1) is 16.0. The minimum atomic E-state index is -3.36. The monoisotopic (exact) mass is 490 g/mol. The van der Waals surface area contributed by atoms with Crippen molar-refractivity contribution in [3.05, 3.63) is 30.2 Å². The van der Waals surface area contributed by atoms with E-state index in [1.165, 1.54) is 12.4 Å². The summed E-state index contributed by atoms with van der Waals surface area (Å²) in [4.78, 5) is 26.4. The second-order valence-corrected chi connectivity index (χ2v) is 11.7. The number of aromatic nitrogens is 3. The molecule has 34 heavy (non-hydrogen) atoms. The van der Waals surface area contributed by atoms with Crippen molar-refractivity contribution in [1.29, 1.82) is 0 Å². The first kappa shape index (κ1) is 24.2. The van der Waals surface area contributed by atoms with Crippen LogP contribution in [0.1, 0.15) is 52.1 Å². The second kappa shape index (κ2) is 9.36. The highest BCUT2D eigenvalue weighted by atomic mass is 32.2. The molecule has 1 saturated carbocycles. The van der Waals surface area contributed by atoms with E-state index >= 15 is 0 Å². The fourth-order valence-corrected chi connectivity index (χ4v) is 5.17. The summed E-state index contributed by atoms with van der Waals surface area (Å²) < 4.78 is 42.0. The molecular formula is C23H30N4O6S. The Labute approximate surface area is 199 Å². The third-order valence-corrected chi connectivity index (χ3v) is 7.64. The molecule has 1 saturated heterocycles. The Hall–Kier alpha value is -2.95. The number of hydrogen-bond acceptors (Lipinski definition) is 9. The van der Waals surface area contributed by atoms with Crippen LogP contribution in [0.4, 0.5) is 4.79 Å². The van der Waals surface area contributed by atoms with Crippen molar-refractivity contribution in [2.75, 3.05) is 13.1 Å². The quantitative estimate of drug-likeness (QED) is 0.597. The number of ether oxygens (including phenoxy) is 3. The van der Waals surface area contributed by atoms with E-state index in [-0.39, 0.29) is 28.4 Å². The molecule has 2 aromatic heterocycles. The first-order valence-electron chi connectivity index (χ1n) is 11.4. The van der Waals surface area contributed by atoms with Crippen LogP contribution < -0.4 is 9.47 Å². The molecule has 11 heteroatoms. The normalized spacial score (nSPS) is 17.4. The van der Waals surface area contributed by atoms with Gasteiger partial charge in [-0.25, -0.2) is 28.2 Å². The zero-order chi connectivity index (χ0) is 24.5. The molecule has 1 aliphatic carbocycles. The second-order valence-electron chi connectivity index (χ2n) is 9.56. The lowest BCUT2D eigenvalue weighted by atomic mass is 10.1. The maximum atomic E-state index is 12.4. The molecule has 0 aromatic carbocycles. The van der Waals surface area contributed by atoms with Crippen molar-refractivity contribution in [3.8, 4) is 17.5 Å². The summed E-state index contributed by atoms with van der Waals surface area (Å²) >= 11 is 0. The number of carbonyl (C=O) groups excluding carboxylic acids is 1. The maximum Gasteiger partial charge on any atom is 0.410 e. The summed E-state index contributed by atoms with van der Waals surface area (Å²) in [5.74, 6) is 1.03. The van der Waals surface area contributed by atoms with Gasteiger partial charge < -0.3 is 19.1 Å². The molecule has 184 valence electrons. The van der Waals surface area contributed by atoms with Gasteiger partial charge >= 0.3 is 6.09 Å². The zero-order valence-electron chi connectivity index (χ0n) is 19.9. The van der Waals surface area contributed by atoms with Gasteiger partial charge in [0.1, 0.15) is 18.0 Å². The van der Waals surface area contributed by atoms with Crippen LogP contribution in [-0.4, -0.2) is 64.4 Å². The minimum absolute atomic E-state index is 0.0734. The van der Waals surface area contributed by atoms with Gasteiger partial charge in [-0.05, 0) is 52.7 Å². The molecule has 4 rings (SSSR count). The molecule has 0 bridgehead atoms. The summed E-state index contributed by atoms with van der Waals surface area (Å²) in [6.07, 6.45) is 3.60. The number of likely N-dealkylation sites (tertiary alicyclic amines) is 1. The van der Waals surface area contributed by atoms with Crippen molar-refractivity contribution in [2.24, 2.45) is 0 Å². The Morgan fingerprint density at radius 3 is 2.35 bits per heavy atom. The van der Waals surface area contributed by atoms with Crippen LogP contribution >= 0.6 is 0 Å². The number of amides is 1. The number of piperidine rings is 1. The predicted octanol–water partition coefficient (Wildman–Crippen LogP) is 3.69. The van der Waals surface area contributed by atoms with Crippen LogP contribution in [0.15, 0.2) is 29.6 Å². The Morgan fingerprint density at radius 1 is 1.06 bits per heavy atom. The first-order valence-corrected chi connectivity index (χ1v) is 12.9. The molecule has 2 aliphatic rings. The number of pyridine rings is 1. The van der Waals surface area contributed by atoms with E-state index in [0.29, 0.717) is 56.1 Å². The summed E-state index contributed by atoms with van der Waals surface area (Å²) in [7, 11) is -3.36. The summed E-state index contributed by atoms with van der Waals surface area (Å²) in [6, 6.07) is 4.63. The molecule has 0 unspecified atom stereocenters. The highest BCUT2D eigenvalue weighted by molar-refractivity contribution is 7.92. The van der Waals surface area contributed by atoms with Gasteiger partial charge in [0.05, 0.1) is 17.0 Å². The number of carbonyl (C=O) groups is 1. The van der Waals surface area contributed by atoms with Gasteiger partial charge in [-0.3, -0.25) is 0 Å². The van der Waals surface area contributed by atoms with Gasteiger partial charge in [-0.1, -0.05) is 0 Å². The molecule has 1 amide bonds. The lowest BCUT2D eigenvalue weighted by Crippen LogP contribution is -2.44. The fourth-order valence-electron chi connectivity index (χ4n) is 3.55. The predicted molar refractivity (Wildman–Crippen MR) is 123 cm³/mol. The maximum absolute atomic E-state index is 12.4. The molecule has 0 spiro atoms. The number of sulfone groups is 1. The van der Waals surface area contributed by atoms with Crippen molar-refractivity contribution < 1.29 is 27.4 Å². The van der Waals surface area contributed by atoms with E-state index in [1.807, 2.05) is 20.8 Å². The Kier molecular flexibility index (Phi) is 6.66. The Morgan fingerprint density at radius 2 is 1.74 bits per heavy atom. The van der Waals surface area contributed by atoms with Crippen molar-refractivity contribution in [3.63, 3.8) is 0 Å². The van der Waals surface area contributed by atoms with Gasteiger partial charge in [0.2, 0.25) is 11.8 Å². The van der Waals surface area contributed by atoms with E-state index in [2.05, 4.69) is 15.0 Å². The molecule has 10 nitrogen and oxygen atoms in total. The van der Waals surface area contributed by atoms with Crippen LogP contribution in [0, 0.1) is 6.92 Å². The summed E-state index contributed by atoms with van der Waals surface area (Å²) in [6.45, 7) is 8.30. The molecule has 1 aliphatic heterocycles. The largest absolute Gasteiger partial charge is 0.474 e. The highest BCUT2D eigenvalue weighted by Gasteiger charge is 2.38. The van der Waals surface area contributed by atoms with Gasteiger partial charge in [0.15, 0.2) is 20.6 Å². The molecule has 2 fully saturated rings. The lowest BCUT2D eigenvalue weighted by molar-refractivity contribution is 0.0123. The topological polar surface area (TPSA) is 121 Å². The molecular weight excluding hydrogens is 460 g/mol. The van der Waals surface area contributed by atoms with E-state index in [9.17, 15) is 13.2 Å². The van der Waals surface area contributed by atoms with E-state index < -0.39 is 15.4 Å². The average Bonchev–Trinajstić information content (AvgIpc) is 3.61. The number of nitrogens with zero attached hydrogens (tertiary/aromatic N) is 4. The van der Waals surface area contributed by atoms with Gasteiger partial charge in [0, 0.05) is 25.9 Å². The molecule has 2 aromatic rings. The van der Waals surface area contributed by atoms with Gasteiger partial charge in [-0.15, -0.1) is 0 Å². The SMILES string of the molecule is Cc1nc(S(=O)(=O)C2CC2)ccc1Oc1cc(OC2CCN(C(=O)OC(C)(C)C)CC2)ncn1. The summed E-state index contributed by atoms with van der Waals surface area (Å²) in [5.41, 5.74) is -0.0705. The molecule has 0 atom stereocenters. The van der Waals surface area contributed by atoms with Gasteiger partial charge in [0.25, 0.3) is 0 Å². The Bertz CT molecular complexity index is 1150. The third-order valence-electron chi connectivity index (χ3n) is 5.48. The standard InChI is InChI=1S/C23H30N4O6S/c1-15-18(7-8-21(26-15)34(29,30)17-5-6-17)32-20-13-19(24-14-25-20)31-16-9-11-27(12-10-16)22(28)33-23(2,3)4/h7-8,13-14,16-17H,5-6,9-12H2,1-4H3. The average molecular weight is 491 g/mol. The number of hydrogen-bond donors (Lipinski definition) is 0. The molecule has 0 N–H and O–H groups in total. The number of aryl methyl sites for hydroxylation is 1. The Balaban J connectivity index is 1.35.